The minimum absolute atomic E-state index is 0.144. The van der Waals surface area contributed by atoms with E-state index < -0.39 is 5.25 Å². The first kappa shape index (κ1) is 19.8. The Morgan fingerprint density at radius 2 is 1.93 bits per heavy atom. The van der Waals surface area contributed by atoms with Gasteiger partial charge in [0.25, 0.3) is 0 Å². The van der Waals surface area contributed by atoms with E-state index in [4.69, 9.17) is 10.6 Å². The molecular weight excluding hydrogens is 374 g/mol. The van der Waals surface area contributed by atoms with E-state index in [2.05, 4.69) is 15.5 Å². The Morgan fingerprint density at radius 1 is 1.21 bits per heavy atom. The number of anilines is 1. The molecule has 0 saturated carbocycles. The zero-order chi connectivity index (χ0) is 20.1. The number of thioether (sulfide) groups is 1. The number of benzene rings is 2. The normalized spacial score (nSPS) is 11.8. The third-order valence-corrected chi connectivity index (χ3v) is 5.19. The van der Waals surface area contributed by atoms with E-state index >= 15 is 0 Å². The van der Waals surface area contributed by atoms with Crippen molar-refractivity contribution in [2.45, 2.75) is 31.2 Å². The van der Waals surface area contributed by atoms with Crippen LogP contribution in [0.4, 0.5) is 5.69 Å². The van der Waals surface area contributed by atoms with Crippen molar-refractivity contribution in [3.63, 3.8) is 0 Å². The van der Waals surface area contributed by atoms with Gasteiger partial charge in [-0.05, 0) is 50.6 Å². The maximum Gasteiger partial charge on any atom is 0.237 e. The number of aryl methyl sites for hydroxylation is 1. The first-order chi connectivity index (χ1) is 13.5. The minimum Gasteiger partial charge on any atom is -0.494 e. The van der Waals surface area contributed by atoms with Gasteiger partial charge in [0.2, 0.25) is 11.1 Å². The molecule has 3 aromatic rings. The fourth-order valence-electron chi connectivity index (χ4n) is 2.62. The van der Waals surface area contributed by atoms with Gasteiger partial charge >= 0.3 is 0 Å². The number of aromatic nitrogens is 3. The number of amides is 1. The number of carbonyl (C=O) groups excluding carboxylic acids is 1. The number of ether oxygens (including phenoxy) is 1. The zero-order valence-corrected chi connectivity index (χ0v) is 16.9. The van der Waals surface area contributed by atoms with Crippen molar-refractivity contribution in [3.05, 3.63) is 54.1 Å². The molecule has 8 heteroatoms. The third kappa shape index (κ3) is 4.45. The highest BCUT2D eigenvalue weighted by Crippen LogP contribution is 2.27. The molecule has 146 valence electrons. The molecule has 0 aliphatic rings. The first-order valence-corrected chi connectivity index (χ1v) is 9.84. The van der Waals surface area contributed by atoms with Crippen LogP contribution in [-0.4, -0.2) is 32.6 Å². The third-order valence-electron chi connectivity index (χ3n) is 4.13. The van der Waals surface area contributed by atoms with Crippen LogP contribution in [0.5, 0.6) is 5.75 Å². The fourth-order valence-corrected chi connectivity index (χ4v) is 3.39. The predicted molar refractivity (Wildman–Crippen MR) is 112 cm³/mol. The zero-order valence-electron chi connectivity index (χ0n) is 16.0. The SMILES string of the molecule is CCOc1ccc(NC(=O)[C@H](C)Sc2nnc(-c3ccccc3C)n2N)cc1. The van der Waals surface area contributed by atoms with Gasteiger partial charge in [-0.1, -0.05) is 36.0 Å². The van der Waals surface area contributed by atoms with Crippen LogP contribution >= 0.6 is 11.8 Å². The van der Waals surface area contributed by atoms with Crippen molar-refractivity contribution in [3.8, 4) is 17.1 Å². The van der Waals surface area contributed by atoms with E-state index in [-0.39, 0.29) is 5.91 Å². The van der Waals surface area contributed by atoms with Crippen molar-refractivity contribution in [1.29, 1.82) is 0 Å². The molecule has 1 heterocycles. The summed E-state index contributed by atoms with van der Waals surface area (Å²) in [6.07, 6.45) is 0. The highest BCUT2D eigenvalue weighted by atomic mass is 32.2. The van der Waals surface area contributed by atoms with Crippen molar-refractivity contribution < 1.29 is 9.53 Å². The van der Waals surface area contributed by atoms with Gasteiger partial charge in [-0.2, -0.15) is 0 Å². The van der Waals surface area contributed by atoms with Crippen LogP contribution in [0.1, 0.15) is 19.4 Å². The maximum atomic E-state index is 12.5. The Kier molecular flexibility index (Phi) is 6.20. The maximum absolute atomic E-state index is 12.5. The van der Waals surface area contributed by atoms with Crippen LogP contribution in [-0.2, 0) is 4.79 Å². The number of nitrogens with two attached hydrogens (primary N) is 1. The lowest BCUT2D eigenvalue weighted by Gasteiger charge is -2.12. The summed E-state index contributed by atoms with van der Waals surface area (Å²) in [6, 6.07) is 15.1. The molecule has 28 heavy (non-hydrogen) atoms. The molecule has 1 aromatic heterocycles. The van der Waals surface area contributed by atoms with Crippen molar-refractivity contribution >= 4 is 23.4 Å². The smallest absolute Gasteiger partial charge is 0.237 e. The quantitative estimate of drug-likeness (QED) is 0.468. The lowest BCUT2D eigenvalue weighted by atomic mass is 10.1. The molecule has 7 nitrogen and oxygen atoms in total. The number of nitrogen functional groups attached to an aromatic ring is 1. The Morgan fingerprint density at radius 3 is 2.61 bits per heavy atom. The molecule has 0 fully saturated rings. The second kappa shape index (κ2) is 8.79. The second-order valence-electron chi connectivity index (χ2n) is 6.20. The number of hydrogen-bond donors (Lipinski definition) is 2. The number of rotatable bonds is 7. The molecule has 0 aliphatic carbocycles. The Hall–Kier alpha value is -3.00. The summed E-state index contributed by atoms with van der Waals surface area (Å²) in [7, 11) is 0. The minimum atomic E-state index is -0.400. The largest absolute Gasteiger partial charge is 0.494 e. The standard InChI is InChI=1S/C20H23N5O2S/c1-4-27-16-11-9-15(10-12-16)22-19(26)14(3)28-20-24-23-18(25(20)21)17-8-6-5-7-13(17)2/h5-12,14H,4,21H2,1-3H3,(H,22,26)/t14-/m0/s1. The van der Waals surface area contributed by atoms with Crippen molar-refractivity contribution in [2.75, 3.05) is 17.8 Å². The van der Waals surface area contributed by atoms with E-state index in [1.54, 1.807) is 6.92 Å². The van der Waals surface area contributed by atoms with E-state index in [0.717, 1.165) is 16.9 Å². The molecule has 1 amide bonds. The average molecular weight is 398 g/mol. The molecular formula is C20H23N5O2S. The van der Waals surface area contributed by atoms with Crippen LogP contribution in [0.2, 0.25) is 0 Å². The van der Waals surface area contributed by atoms with E-state index in [1.807, 2.05) is 62.4 Å². The lowest BCUT2D eigenvalue weighted by Crippen LogP contribution is -2.23. The average Bonchev–Trinajstić information content (AvgIpc) is 3.04. The van der Waals surface area contributed by atoms with Crippen LogP contribution in [0.25, 0.3) is 11.4 Å². The second-order valence-corrected chi connectivity index (χ2v) is 7.51. The van der Waals surface area contributed by atoms with E-state index in [0.29, 0.717) is 23.3 Å². The number of hydrogen-bond acceptors (Lipinski definition) is 6. The van der Waals surface area contributed by atoms with Gasteiger partial charge in [0.15, 0.2) is 5.82 Å². The summed E-state index contributed by atoms with van der Waals surface area (Å²) in [5.41, 5.74) is 2.67. The van der Waals surface area contributed by atoms with Gasteiger partial charge in [0.1, 0.15) is 5.75 Å². The molecule has 0 bridgehead atoms. The summed E-state index contributed by atoms with van der Waals surface area (Å²) < 4.78 is 6.83. The molecule has 0 aliphatic heterocycles. The Balaban J connectivity index is 1.67. The summed E-state index contributed by atoms with van der Waals surface area (Å²) in [6.45, 7) is 6.32. The number of carbonyl (C=O) groups is 1. The topological polar surface area (TPSA) is 95.1 Å². The highest BCUT2D eigenvalue weighted by Gasteiger charge is 2.20. The van der Waals surface area contributed by atoms with Gasteiger partial charge in [0.05, 0.1) is 11.9 Å². The predicted octanol–water partition coefficient (Wildman–Crippen LogP) is 3.49. The monoisotopic (exact) mass is 397 g/mol. The van der Waals surface area contributed by atoms with Crippen LogP contribution in [0.15, 0.2) is 53.7 Å². The first-order valence-electron chi connectivity index (χ1n) is 8.96. The molecule has 0 spiro atoms. The van der Waals surface area contributed by atoms with Gasteiger partial charge in [-0.25, -0.2) is 4.68 Å². The van der Waals surface area contributed by atoms with E-state index in [9.17, 15) is 4.79 Å². The molecule has 3 rings (SSSR count). The molecule has 0 unspecified atom stereocenters. The van der Waals surface area contributed by atoms with Crippen LogP contribution in [0.3, 0.4) is 0 Å². The Labute approximate surface area is 168 Å². The molecule has 3 N–H and O–H groups in total. The van der Waals surface area contributed by atoms with Crippen molar-refractivity contribution in [1.82, 2.24) is 14.9 Å². The van der Waals surface area contributed by atoms with Gasteiger partial charge in [0, 0.05) is 11.3 Å². The number of nitrogens with one attached hydrogen (secondary N) is 1. The highest BCUT2D eigenvalue weighted by molar-refractivity contribution is 8.00. The summed E-state index contributed by atoms with van der Waals surface area (Å²) in [5, 5.41) is 11.3. The van der Waals surface area contributed by atoms with Crippen molar-refractivity contribution in [2.24, 2.45) is 0 Å². The lowest BCUT2D eigenvalue weighted by molar-refractivity contribution is -0.115. The van der Waals surface area contributed by atoms with Gasteiger partial charge in [-0.3, -0.25) is 4.79 Å². The van der Waals surface area contributed by atoms with E-state index in [1.165, 1.54) is 16.4 Å². The molecule has 0 radical (unpaired) electrons. The van der Waals surface area contributed by atoms with Crippen LogP contribution < -0.4 is 15.9 Å². The molecule has 2 aromatic carbocycles. The summed E-state index contributed by atoms with van der Waals surface area (Å²) in [4.78, 5) is 12.5. The van der Waals surface area contributed by atoms with Crippen LogP contribution in [0, 0.1) is 6.92 Å². The summed E-state index contributed by atoms with van der Waals surface area (Å²) in [5.74, 6) is 7.37. The van der Waals surface area contributed by atoms with Gasteiger partial charge < -0.3 is 15.9 Å². The number of nitrogens with zero attached hydrogens (tertiary/aromatic N) is 3. The Bertz CT molecular complexity index is 955. The summed E-state index contributed by atoms with van der Waals surface area (Å²) >= 11 is 1.26. The molecule has 0 saturated heterocycles. The fraction of sp³-hybridized carbons (Fsp3) is 0.250. The van der Waals surface area contributed by atoms with Gasteiger partial charge in [-0.15, -0.1) is 10.2 Å². The molecule has 1 atom stereocenters.